The number of unbranched alkanes of at least 4 members (excludes halogenated alkanes) is 6. The minimum Gasteiger partial charge on any atom is -0.388 e. The van der Waals surface area contributed by atoms with E-state index in [4.69, 9.17) is 0 Å². The summed E-state index contributed by atoms with van der Waals surface area (Å²) in [6.07, 6.45) is 13.4. The molecule has 148 valence electrons. The van der Waals surface area contributed by atoms with Crippen molar-refractivity contribution in [2.24, 2.45) is 0 Å². The lowest BCUT2D eigenvalue weighted by Gasteiger charge is -2.13. The van der Waals surface area contributed by atoms with Crippen LogP contribution in [0.25, 0.3) is 0 Å². The second-order valence-corrected chi connectivity index (χ2v) is 7.72. The predicted octanol–water partition coefficient (Wildman–Crippen LogP) is 7.11. The lowest BCUT2D eigenvalue weighted by Crippen LogP contribution is -1.99. The van der Waals surface area contributed by atoms with E-state index in [1.807, 2.05) is 12.1 Å². The summed E-state index contributed by atoms with van der Waals surface area (Å²) in [6.45, 7) is 6.66. The van der Waals surface area contributed by atoms with Crippen LogP contribution in [0.4, 0.5) is 0 Å². The number of rotatable bonds is 10. The summed E-state index contributed by atoms with van der Waals surface area (Å²) < 4.78 is 0. The highest BCUT2D eigenvalue weighted by molar-refractivity contribution is 5.81. The smallest absolute Gasteiger partial charge is 0.133 e. The van der Waals surface area contributed by atoms with Crippen LogP contribution < -0.4 is 0 Å². The lowest BCUT2D eigenvalue weighted by atomic mass is 9.95. The maximum Gasteiger partial charge on any atom is 0.133 e. The Balaban J connectivity index is 0.000000412. The third-order valence-corrected chi connectivity index (χ3v) is 5.33. The van der Waals surface area contributed by atoms with Crippen LogP contribution in [-0.4, -0.2) is 10.9 Å². The van der Waals surface area contributed by atoms with Crippen molar-refractivity contribution >= 4 is 5.78 Å². The van der Waals surface area contributed by atoms with Crippen LogP contribution in [-0.2, 0) is 4.79 Å². The zero-order valence-corrected chi connectivity index (χ0v) is 17.3. The van der Waals surface area contributed by atoms with Crippen LogP contribution >= 0.6 is 0 Å². The van der Waals surface area contributed by atoms with Gasteiger partial charge in [0.15, 0.2) is 0 Å². The minimum atomic E-state index is -0.342. The van der Waals surface area contributed by atoms with Gasteiger partial charge in [0.05, 0.1) is 6.10 Å². The van der Waals surface area contributed by atoms with Gasteiger partial charge in [0.25, 0.3) is 0 Å². The van der Waals surface area contributed by atoms with E-state index in [2.05, 4.69) is 32.9 Å². The van der Waals surface area contributed by atoms with Gasteiger partial charge in [0.2, 0.25) is 0 Å². The first-order chi connectivity index (χ1) is 12.6. The average molecular weight is 361 g/mol. The third kappa shape index (κ3) is 8.98. The summed E-state index contributed by atoms with van der Waals surface area (Å²) in [5, 5.41) is 10.1. The highest BCUT2D eigenvalue weighted by Crippen LogP contribution is 2.32. The molecular formula is C24H40O2. The summed E-state index contributed by atoms with van der Waals surface area (Å²) in [4.78, 5) is 11.3. The molecule has 1 aliphatic rings. The summed E-state index contributed by atoms with van der Waals surface area (Å²) in [7, 11) is 0. The summed E-state index contributed by atoms with van der Waals surface area (Å²) in [6, 6.07) is 8.22. The largest absolute Gasteiger partial charge is 0.388 e. The zero-order chi connectivity index (χ0) is 19.2. The number of aliphatic hydroxyl groups is 1. The lowest BCUT2D eigenvalue weighted by molar-refractivity contribution is -0.117. The normalized spacial score (nSPS) is 17.7. The van der Waals surface area contributed by atoms with Crippen LogP contribution in [0, 0.1) is 0 Å². The Kier molecular flexibility index (Phi) is 12.3. The molecule has 2 nitrogen and oxygen atoms in total. The van der Waals surface area contributed by atoms with Gasteiger partial charge in [-0.25, -0.2) is 0 Å². The van der Waals surface area contributed by atoms with Crippen molar-refractivity contribution in [1.29, 1.82) is 0 Å². The van der Waals surface area contributed by atoms with Crippen molar-refractivity contribution in [2.75, 3.05) is 0 Å². The molecule has 1 fully saturated rings. The predicted molar refractivity (Wildman–Crippen MR) is 112 cm³/mol. The minimum absolute atomic E-state index is 0.342. The van der Waals surface area contributed by atoms with Crippen LogP contribution in [0.1, 0.15) is 121 Å². The number of ketones is 1. The quantitative estimate of drug-likeness (QED) is 0.451. The van der Waals surface area contributed by atoms with Gasteiger partial charge in [-0.2, -0.15) is 0 Å². The summed E-state index contributed by atoms with van der Waals surface area (Å²) >= 11 is 0. The van der Waals surface area contributed by atoms with Gasteiger partial charge in [-0.3, -0.25) is 4.79 Å². The third-order valence-electron chi connectivity index (χ3n) is 5.33. The van der Waals surface area contributed by atoms with E-state index in [-0.39, 0.29) is 6.10 Å². The molecule has 2 rings (SSSR count). The number of hydrogen-bond donors (Lipinski definition) is 1. The highest BCUT2D eigenvalue weighted by Gasteiger charge is 2.23. The molecule has 1 N–H and O–H groups in total. The van der Waals surface area contributed by atoms with E-state index < -0.39 is 0 Å². The van der Waals surface area contributed by atoms with E-state index in [1.165, 1.54) is 50.5 Å². The first kappa shape index (κ1) is 22.9. The van der Waals surface area contributed by atoms with Crippen LogP contribution in [0.5, 0.6) is 0 Å². The molecule has 0 heterocycles. The molecule has 1 aromatic carbocycles. The fourth-order valence-corrected chi connectivity index (χ4v) is 3.52. The number of Topliss-reactive ketones (excluding diaryl/α,β-unsaturated/α-hetero) is 1. The number of hydrogen-bond acceptors (Lipinski definition) is 2. The van der Waals surface area contributed by atoms with Crippen molar-refractivity contribution in [3.8, 4) is 0 Å². The van der Waals surface area contributed by atoms with Crippen molar-refractivity contribution in [3.05, 3.63) is 35.4 Å². The molecule has 0 bridgehead atoms. The van der Waals surface area contributed by atoms with E-state index in [9.17, 15) is 9.90 Å². The Morgan fingerprint density at radius 1 is 0.923 bits per heavy atom. The molecule has 2 heteroatoms. The molecule has 1 aliphatic carbocycles. The molecule has 26 heavy (non-hydrogen) atoms. The first-order valence-corrected chi connectivity index (χ1v) is 10.9. The maximum atomic E-state index is 11.3. The molecule has 0 aliphatic heterocycles. The van der Waals surface area contributed by atoms with Gasteiger partial charge in [-0.1, -0.05) is 96.4 Å². The van der Waals surface area contributed by atoms with E-state index in [0.29, 0.717) is 18.1 Å². The van der Waals surface area contributed by atoms with Gasteiger partial charge in [0.1, 0.15) is 5.78 Å². The molecular weight excluding hydrogens is 320 g/mol. The van der Waals surface area contributed by atoms with Crippen LogP contribution in [0.3, 0.4) is 0 Å². The van der Waals surface area contributed by atoms with E-state index >= 15 is 0 Å². The topological polar surface area (TPSA) is 37.3 Å². The monoisotopic (exact) mass is 360 g/mol. The second-order valence-electron chi connectivity index (χ2n) is 7.72. The zero-order valence-electron chi connectivity index (χ0n) is 17.3. The maximum absolute atomic E-state index is 11.3. The molecule has 0 saturated heterocycles. The standard InChI is InChI=1S/C17H24O2.C7H16/c1-2-3-4-5-17(19)14-8-6-13(7-9-14)15-10-11-16(18)12-15;1-3-5-7-6-4-2/h6-9,15,17,19H,2-5,10-12H2,1H3;3-7H2,1-2H3. The molecule has 0 amide bonds. The van der Waals surface area contributed by atoms with Crippen LogP contribution in [0.2, 0.25) is 0 Å². The molecule has 0 spiro atoms. The molecule has 1 aromatic rings. The van der Waals surface area contributed by atoms with Gasteiger partial charge >= 0.3 is 0 Å². The molecule has 0 aromatic heterocycles. The molecule has 1 saturated carbocycles. The second kappa shape index (κ2) is 14.0. The Labute approximate surface area is 161 Å². The molecule has 2 atom stereocenters. The van der Waals surface area contributed by atoms with Gasteiger partial charge in [0, 0.05) is 12.8 Å². The molecule has 0 radical (unpaired) electrons. The highest BCUT2D eigenvalue weighted by atomic mass is 16.3. The van der Waals surface area contributed by atoms with Gasteiger partial charge in [-0.05, 0) is 29.9 Å². The number of carbonyl (C=O) groups excluding carboxylic acids is 1. The Hall–Kier alpha value is -1.15. The van der Waals surface area contributed by atoms with Crippen molar-refractivity contribution in [1.82, 2.24) is 0 Å². The first-order valence-electron chi connectivity index (χ1n) is 10.9. The fraction of sp³-hybridized carbons (Fsp3) is 0.708. The SMILES string of the molecule is CCCCCC(O)c1ccc(C2CCC(=O)C2)cc1.CCCCCCC. The van der Waals surface area contributed by atoms with E-state index in [1.54, 1.807) is 0 Å². The Morgan fingerprint density at radius 3 is 2.00 bits per heavy atom. The van der Waals surface area contributed by atoms with Crippen molar-refractivity contribution in [2.45, 2.75) is 110 Å². The van der Waals surface area contributed by atoms with Gasteiger partial charge in [-0.15, -0.1) is 0 Å². The summed E-state index contributed by atoms with van der Waals surface area (Å²) in [5.41, 5.74) is 2.25. The van der Waals surface area contributed by atoms with Crippen molar-refractivity contribution < 1.29 is 9.90 Å². The average Bonchev–Trinajstić information content (AvgIpc) is 3.09. The summed E-state index contributed by atoms with van der Waals surface area (Å²) in [5.74, 6) is 0.785. The van der Waals surface area contributed by atoms with E-state index in [0.717, 1.165) is 31.2 Å². The Morgan fingerprint density at radius 2 is 1.50 bits per heavy atom. The number of aliphatic hydroxyl groups excluding tert-OH is 1. The molecule has 2 unspecified atom stereocenters. The number of carbonyl (C=O) groups is 1. The van der Waals surface area contributed by atoms with Gasteiger partial charge < -0.3 is 5.11 Å². The fourth-order valence-electron chi connectivity index (χ4n) is 3.52. The van der Waals surface area contributed by atoms with Crippen molar-refractivity contribution in [3.63, 3.8) is 0 Å². The number of benzene rings is 1. The van der Waals surface area contributed by atoms with Crippen LogP contribution in [0.15, 0.2) is 24.3 Å². The Bertz CT molecular complexity index is 473.